The zero-order chi connectivity index (χ0) is 14.8. The Bertz CT molecular complexity index is 430. The summed E-state index contributed by atoms with van der Waals surface area (Å²) in [6.45, 7) is 10.7. The summed E-state index contributed by atoms with van der Waals surface area (Å²) in [5, 5.41) is 0. The maximum Gasteiger partial charge on any atom is 0.302 e. The number of hydrogen-bond acceptors (Lipinski definition) is 3. The Hall–Kier alpha value is -0.570. The number of carbonyl (C=O) groups excluding carboxylic acids is 1. The van der Waals surface area contributed by atoms with Crippen LogP contribution in [-0.2, 0) is 14.3 Å². The molecule has 0 N–H and O–H groups in total. The second kappa shape index (κ2) is 4.22. The third-order valence-corrected chi connectivity index (χ3v) is 6.64. The van der Waals surface area contributed by atoms with E-state index in [-0.39, 0.29) is 28.7 Å². The molecule has 0 amide bonds. The van der Waals surface area contributed by atoms with Crippen LogP contribution >= 0.6 is 0 Å². The van der Waals surface area contributed by atoms with Gasteiger partial charge >= 0.3 is 5.97 Å². The Morgan fingerprint density at radius 3 is 2.55 bits per heavy atom. The van der Waals surface area contributed by atoms with Crippen LogP contribution in [0.2, 0.25) is 0 Å². The molecule has 2 saturated heterocycles. The van der Waals surface area contributed by atoms with Crippen molar-refractivity contribution in [2.45, 2.75) is 84.0 Å². The van der Waals surface area contributed by atoms with Crippen LogP contribution in [0.15, 0.2) is 0 Å². The molecule has 3 heteroatoms. The van der Waals surface area contributed by atoms with Crippen LogP contribution in [0.5, 0.6) is 0 Å². The van der Waals surface area contributed by atoms with E-state index in [0.717, 1.165) is 19.3 Å². The normalized spacial score (nSPS) is 49.5. The predicted octanol–water partition coefficient (Wildman–Crippen LogP) is 3.70. The number of esters is 1. The van der Waals surface area contributed by atoms with E-state index in [9.17, 15) is 4.79 Å². The van der Waals surface area contributed by atoms with Crippen molar-refractivity contribution in [3.8, 4) is 0 Å². The van der Waals surface area contributed by atoms with Gasteiger partial charge in [-0.2, -0.15) is 0 Å². The Labute approximate surface area is 122 Å². The lowest BCUT2D eigenvalue weighted by molar-refractivity contribution is -0.327. The summed E-state index contributed by atoms with van der Waals surface area (Å²) in [5.41, 5.74) is 0.112. The first-order valence-corrected chi connectivity index (χ1v) is 8.06. The summed E-state index contributed by atoms with van der Waals surface area (Å²) in [7, 11) is 0. The van der Waals surface area contributed by atoms with Crippen molar-refractivity contribution in [3.05, 3.63) is 0 Å². The zero-order valence-corrected chi connectivity index (χ0v) is 13.5. The van der Waals surface area contributed by atoms with Crippen molar-refractivity contribution in [3.63, 3.8) is 0 Å². The molecule has 2 bridgehead atoms. The van der Waals surface area contributed by atoms with Crippen molar-refractivity contribution in [2.24, 2.45) is 17.3 Å². The third-order valence-electron chi connectivity index (χ3n) is 6.64. The molecule has 2 aliphatic carbocycles. The van der Waals surface area contributed by atoms with Gasteiger partial charge in [-0.3, -0.25) is 4.79 Å². The van der Waals surface area contributed by atoms with E-state index < -0.39 is 0 Å². The molecule has 4 aliphatic rings. The molecule has 2 aliphatic heterocycles. The average molecular weight is 280 g/mol. The van der Waals surface area contributed by atoms with Crippen molar-refractivity contribution < 1.29 is 14.3 Å². The minimum absolute atomic E-state index is 0.0287. The van der Waals surface area contributed by atoms with E-state index in [1.54, 1.807) is 0 Å². The fourth-order valence-electron chi connectivity index (χ4n) is 5.30. The van der Waals surface area contributed by atoms with Gasteiger partial charge in [0.1, 0.15) is 6.10 Å². The summed E-state index contributed by atoms with van der Waals surface area (Å²) in [6.07, 6.45) is 5.52. The molecule has 20 heavy (non-hydrogen) atoms. The van der Waals surface area contributed by atoms with Gasteiger partial charge in [-0.05, 0) is 56.8 Å². The lowest BCUT2D eigenvalue weighted by Crippen LogP contribution is -2.69. The van der Waals surface area contributed by atoms with Crippen molar-refractivity contribution in [1.82, 2.24) is 0 Å². The SMILES string of the molecule is CC(=O)O[C@H]1C[C@@H](C)[C@]2(C)C[C@H]3CC[C@]2(C1)OC3(C)C. The average Bonchev–Trinajstić information content (AvgIpc) is 2.28. The number of ether oxygens (including phenoxy) is 2. The highest BCUT2D eigenvalue weighted by Crippen LogP contribution is 2.65. The summed E-state index contributed by atoms with van der Waals surface area (Å²) < 4.78 is 12.2. The first-order valence-electron chi connectivity index (χ1n) is 8.06. The maximum absolute atomic E-state index is 11.3. The van der Waals surface area contributed by atoms with Gasteiger partial charge < -0.3 is 9.47 Å². The Balaban J connectivity index is 1.93. The summed E-state index contributed by atoms with van der Waals surface area (Å²) in [6, 6.07) is 0. The largest absolute Gasteiger partial charge is 0.462 e. The number of fused-ring (bicyclic) bond motifs is 2. The molecule has 4 fully saturated rings. The molecule has 3 nitrogen and oxygen atoms in total. The molecule has 0 aromatic heterocycles. The van der Waals surface area contributed by atoms with Crippen LogP contribution in [0.1, 0.15) is 66.7 Å². The Morgan fingerprint density at radius 2 is 1.95 bits per heavy atom. The van der Waals surface area contributed by atoms with E-state index in [1.165, 1.54) is 19.8 Å². The fourth-order valence-corrected chi connectivity index (χ4v) is 5.30. The second-order valence-corrected chi connectivity index (χ2v) is 8.13. The topological polar surface area (TPSA) is 35.5 Å². The van der Waals surface area contributed by atoms with E-state index >= 15 is 0 Å². The summed E-state index contributed by atoms with van der Waals surface area (Å²) >= 11 is 0. The van der Waals surface area contributed by atoms with Crippen LogP contribution in [0.3, 0.4) is 0 Å². The van der Waals surface area contributed by atoms with Crippen molar-refractivity contribution >= 4 is 5.97 Å². The lowest BCUT2D eigenvalue weighted by atomic mass is 9.47. The standard InChI is InChI=1S/C17H28O3/c1-11-8-14(19-12(2)18)10-17-7-6-13(9-16(11,17)5)15(3,4)20-17/h11,13-14H,6-10H2,1-5H3/t11-,13-,14+,16+,17-/m1/s1. The lowest BCUT2D eigenvalue weighted by Gasteiger charge is -2.68. The highest BCUT2D eigenvalue weighted by atomic mass is 16.6. The van der Waals surface area contributed by atoms with Crippen LogP contribution in [0.25, 0.3) is 0 Å². The fraction of sp³-hybridized carbons (Fsp3) is 0.941. The molecule has 1 spiro atoms. The van der Waals surface area contributed by atoms with Crippen LogP contribution < -0.4 is 0 Å². The summed E-state index contributed by atoms with van der Waals surface area (Å²) in [5.74, 6) is 1.05. The predicted molar refractivity (Wildman–Crippen MR) is 77.3 cm³/mol. The van der Waals surface area contributed by atoms with E-state index in [4.69, 9.17) is 9.47 Å². The highest BCUT2D eigenvalue weighted by molar-refractivity contribution is 5.66. The van der Waals surface area contributed by atoms with Gasteiger partial charge in [0.05, 0.1) is 11.2 Å². The first-order chi connectivity index (χ1) is 9.18. The van der Waals surface area contributed by atoms with E-state index in [1.807, 2.05) is 0 Å². The van der Waals surface area contributed by atoms with Crippen LogP contribution in [0, 0.1) is 17.3 Å². The highest BCUT2D eigenvalue weighted by Gasteiger charge is 2.66. The number of carbonyl (C=O) groups is 1. The Kier molecular flexibility index (Phi) is 3.03. The van der Waals surface area contributed by atoms with Crippen molar-refractivity contribution in [2.75, 3.05) is 0 Å². The minimum atomic E-state index is -0.161. The van der Waals surface area contributed by atoms with Gasteiger partial charge in [0.25, 0.3) is 0 Å². The first kappa shape index (κ1) is 14.4. The molecule has 0 unspecified atom stereocenters. The van der Waals surface area contributed by atoms with Gasteiger partial charge in [-0.15, -0.1) is 0 Å². The Morgan fingerprint density at radius 1 is 1.25 bits per heavy atom. The van der Waals surface area contributed by atoms with Gasteiger partial charge in [0.15, 0.2) is 0 Å². The van der Waals surface area contributed by atoms with Crippen molar-refractivity contribution in [1.29, 1.82) is 0 Å². The number of rotatable bonds is 1. The van der Waals surface area contributed by atoms with Gasteiger partial charge in [0.2, 0.25) is 0 Å². The second-order valence-electron chi connectivity index (χ2n) is 8.13. The molecule has 0 aromatic carbocycles. The van der Waals surface area contributed by atoms with E-state index in [2.05, 4.69) is 27.7 Å². The van der Waals surface area contributed by atoms with Gasteiger partial charge in [-0.1, -0.05) is 13.8 Å². The third kappa shape index (κ3) is 1.85. The molecule has 114 valence electrons. The molecule has 2 heterocycles. The minimum Gasteiger partial charge on any atom is -0.462 e. The maximum atomic E-state index is 11.3. The van der Waals surface area contributed by atoms with Crippen LogP contribution in [0.4, 0.5) is 0 Å². The molecule has 0 aromatic rings. The quantitative estimate of drug-likeness (QED) is 0.687. The molecule has 5 atom stereocenters. The molecule has 0 radical (unpaired) electrons. The van der Waals surface area contributed by atoms with Crippen LogP contribution in [-0.4, -0.2) is 23.3 Å². The molecular weight excluding hydrogens is 252 g/mol. The van der Waals surface area contributed by atoms with E-state index in [0.29, 0.717) is 11.8 Å². The smallest absolute Gasteiger partial charge is 0.302 e. The monoisotopic (exact) mass is 280 g/mol. The molecule has 4 rings (SSSR count). The van der Waals surface area contributed by atoms with Gasteiger partial charge in [0, 0.05) is 13.3 Å². The zero-order valence-electron chi connectivity index (χ0n) is 13.5. The molecular formula is C17H28O3. The molecule has 2 saturated carbocycles. The number of hydrogen-bond donors (Lipinski definition) is 0. The van der Waals surface area contributed by atoms with Gasteiger partial charge in [-0.25, -0.2) is 0 Å². The summed E-state index contributed by atoms with van der Waals surface area (Å²) in [4.78, 5) is 11.3.